The molecule has 0 fully saturated rings. The summed E-state index contributed by atoms with van der Waals surface area (Å²) in [6, 6.07) is 48.8. The average Bonchev–Trinajstić information content (AvgIpc) is 3.03. The van der Waals surface area contributed by atoms with Gasteiger partial charge in [0.2, 0.25) is 0 Å². The smallest absolute Gasteiger partial charge is 0.123 e. The summed E-state index contributed by atoms with van der Waals surface area (Å²) in [4.78, 5) is 0. The largest absolute Gasteiger partial charge is 0.508 e. The fraction of sp³-hybridized carbons (Fsp3) is 0.0769. The van der Waals surface area contributed by atoms with E-state index in [1.807, 2.05) is 84.9 Å². The number of aromatic hydroxyl groups is 4. The molecule has 0 spiro atoms. The first-order chi connectivity index (χ1) is 20.8. The van der Waals surface area contributed by atoms with Crippen LogP contribution in [0.25, 0.3) is 22.3 Å². The van der Waals surface area contributed by atoms with Crippen LogP contribution in [0, 0.1) is 0 Å². The van der Waals surface area contributed by atoms with Gasteiger partial charge < -0.3 is 20.4 Å². The van der Waals surface area contributed by atoms with Crippen molar-refractivity contribution in [2.75, 3.05) is 0 Å². The molecule has 0 heterocycles. The van der Waals surface area contributed by atoms with E-state index in [0.29, 0.717) is 11.5 Å². The van der Waals surface area contributed by atoms with Crippen molar-refractivity contribution in [3.8, 4) is 45.3 Å². The third-order valence-electron chi connectivity index (χ3n) is 7.12. The van der Waals surface area contributed by atoms with Crippen molar-refractivity contribution in [2.45, 2.75) is 19.3 Å². The zero-order valence-corrected chi connectivity index (χ0v) is 24.3. The lowest BCUT2D eigenvalue weighted by Gasteiger charge is -2.28. The van der Waals surface area contributed by atoms with Gasteiger partial charge in [0, 0.05) is 16.5 Å². The first-order valence-electron chi connectivity index (χ1n) is 14.0. The maximum absolute atomic E-state index is 10.4. The van der Waals surface area contributed by atoms with Crippen LogP contribution in [0.3, 0.4) is 0 Å². The van der Waals surface area contributed by atoms with E-state index in [0.717, 1.165) is 33.4 Å². The molecular formula is C39H36O4. The summed E-state index contributed by atoms with van der Waals surface area (Å²) in [5, 5.41) is 38.1. The molecule has 4 nitrogen and oxygen atoms in total. The molecule has 0 aromatic heterocycles. The Morgan fingerprint density at radius 3 is 0.953 bits per heavy atom. The van der Waals surface area contributed by atoms with Crippen molar-refractivity contribution >= 4 is 0 Å². The Morgan fingerprint density at radius 2 is 0.674 bits per heavy atom. The number of hydrogen-bond donors (Lipinski definition) is 4. The molecule has 0 amide bonds. The molecule has 216 valence electrons. The summed E-state index contributed by atoms with van der Waals surface area (Å²) in [6.45, 7) is 4.32. The molecule has 4 heteroatoms. The van der Waals surface area contributed by atoms with Crippen molar-refractivity contribution in [3.05, 3.63) is 169 Å². The summed E-state index contributed by atoms with van der Waals surface area (Å²) in [5.41, 5.74) is 5.49. The van der Waals surface area contributed by atoms with E-state index in [1.54, 1.807) is 60.7 Å². The highest BCUT2D eigenvalue weighted by Crippen LogP contribution is 2.40. The molecule has 43 heavy (non-hydrogen) atoms. The lowest BCUT2D eigenvalue weighted by molar-refractivity contribution is 0.475. The Morgan fingerprint density at radius 1 is 0.372 bits per heavy atom. The van der Waals surface area contributed by atoms with Crippen molar-refractivity contribution in [1.29, 1.82) is 0 Å². The summed E-state index contributed by atoms with van der Waals surface area (Å²) in [5.74, 6) is 1.18. The SMILES string of the molecule is CC(C)(c1ccc(O)c(-c2ccccc2)c1)c1ccc(O)c(-c2ccccc2)c1.Oc1ccccc1.Oc1ccccc1. The van der Waals surface area contributed by atoms with Gasteiger partial charge in [-0.1, -0.05) is 123 Å². The molecule has 6 aromatic rings. The van der Waals surface area contributed by atoms with Crippen LogP contribution in [0.15, 0.2) is 158 Å². The summed E-state index contributed by atoms with van der Waals surface area (Å²) >= 11 is 0. The maximum Gasteiger partial charge on any atom is 0.123 e. The molecular weight excluding hydrogens is 532 g/mol. The van der Waals surface area contributed by atoms with Gasteiger partial charge in [0.05, 0.1) is 0 Å². The summed E-state index contributed by atoms with van der Waals surface area (Å²) in [7, 11) is 0. The van der Waals surface area contributed by atoms with E-state index in [4.69, 9.17) is 10.2 Å². The summed E-state index contributed by atoms with van der Waals surface area (Å²) in [6.07, 6.45) is 0. The Hall–Kier alpha value is -5.48. The van der Waals surface area contributed by atoms with Crippen LogP contribution >= 0.6 is 0 Å². The summed E-state index contributed by atoms with van der Waals surface area (Å²) < 4.78 is 0. The first-order valence-corrected chi connectivity index (χ1v) is 14.0. The Balaban J connectivity index is 0.000000246. The van der Waals surface area contributed by atoms with Crippen LogP contribution in [-0.4, -0.2) is 20.4 Å². The average molecular weight is 569 g/mol. The number of phenols is 4. The van der Waals surface area contributed by atoms with E-state index in [2.05, 4.69) is 26.0 Å². The Bertz CT molecular complexity index is 1570. The molecule has 0 aliphatic heterocycles. The minimum atomic E-state index is -0.311. The van der Waals surface area contributed by atoms with Crippen LogP contribution < -0.4 is 0 Å². The van der Waals surface area contributed by atoms with Gasteiger partial charge in [0.1, 0.15) is 23.0 Å². The molecule has 6 aromatic carbocycles. The molecule has 6 rings (SSSR count). The fourth-order valence-electron chi connectivity index (χ4n) is 4.57. The van der Waals surface area contributed by atoms with Crippen molar-refractivity contribution < 1.29 is 20.4 Å². The normalized spacial score (nSPS) is 10.5. The van der Waals surface area contributed by atoms with Gasteiger partial charge in [-0.2, -0.15) is 0 Å². The predicted molar refractivity (Wildman–Crippen MR) is 175 cm³/mol. The van der Waals surface area contributed by atoms with Gasteiger partial charge in [-0.25, -0.2) is 0 Å². The Kier molecular flexibility index (Phi) is 10.2. The molecule has 0 radical (unpaired) electrons. The molecule has 0 aliphatic rings. The van der Waals surface area contributed by atoms with Gasteiger partial charge in [-0.05, 0) is 70.8 Å². The zero-order valence-electron chi connectivity index (χ0n) is 24.3. The second-order valence-corrected chi connectivity index (χ2v) is 10.5. The van der Waals surface area contributed by atoms with Crippen molar-refractivity contribution in [3.63, 3.8) is 0 Å². The number of phenolic OH excluding ortho intramolecular Hbond substituents is 4. The molecule has 0 aliphatic carbocycles. The van der Waals surface area contributed by atoms with Crippen molar-refractivity contribution in [1.82, 2.24) is 0 Å². The maximum atomic E-state index is 10.4. The number of rotatable bonds is 4. The van der Waals surface area contributed by atoms with E-state index in [1.165, 1.54) is 0 Å². The fourth-order valence-corrected chi connectivity index (χ4v) is 4.57. The first kappa shape index (κ1) is 30.5. The van der Waals surface area contributed by atoms with E-state index < -0.39 is 0 Å². The van der Waals surface area contributed by atoms with Crippen LogP contribution in [0.4, 0.5) is 0 Å². The third kappa shape index (κ3) is 8.27. The lowest BCUT2D eigenvalue weighted by Crippen LogP contribution is -2.19. The monoisotopic (exact) mass is 568 g/mol. The van der Waals surface area contributed by atoms with Crippen LogP contribution in [0.2, 0.25) is 0 Å². The molecule has 0 atom stereocenters. The van der Waals surface area contributed by atoms with Gasteiger partial charge >= 0.3 is 0 Å². The number of benzene rings is 6. The van der Waals surface area contributed by atoms with E-state index >= 15 is 0 Å². The third-order valence-corrected chi connectivity index (χ3v) is 7.12. The molecule has 0 saturated carbocycles. The zero-order chi connectivity index (χ0) is 30.7. The highest BCUT2D eigenvalue weighted by atomic mass is 16.3. The number of para-hydroxylation sites is 2. The van der Waals surface area contributed by atoms with Crippen LogP contribution in [-0.2, 0) is 5.41 Å². The lowest BCUT2D eigenvalue weighted by atomic mass is 9.76. The van der Waals surface area contributed by atoms with Crippen molar-refractivity contribution in [2.24, 2.45) is 0 Å². The van der Waals surface area contributed by atoms with Gasteiger partial charge in [-0.3, -0.25) is 0 Å². The molecule has 0 unspecified atom stereocenters. The quantitative estimate of drug-likeness (QED) is 0.171. The van der Waals surface area contributed by atoms with E-state index in [9.17, 15) is 10.2 Å². The topological polar surface area (TPSA) is 80.9 Å². The highest BCUT2D eigenvalue weighted by Gasteiger charge is 2.25. The second kappa shape index (κ2) is 14.4. The molecule has 0 bridgehead atoms. The minimum absolute atomic E-state index is 0.270. The predicted octanol–water partition coefficient (Wildman–Crippen LogP) is 9.54. The van der Waals surface area contributed by atoms with Gasteiger partial charge in [0.25, 0.3) is 0 Å². The Labute approximate surface area is 253 Å². The van der Waals surface area contributed by atoms with Crippen LogP contribution in [0.1, 0.15) is 25.0 Å². The van der Waals surface area contributed by atoms with E-state index in [-0.39, 0.29) is 16.9 Å². The van der Waals surface area contributed by atoms with Crippen LogP contribution in [0.5, 0.6) is 23.0 Å². The van der Waals surface area contributed by atoms with Gasteiger partial charge in [0.15, 0.2) is 0 Å². The minimum Gasteiger partial charge on any atom is -0.508 e. The molecule has 0 saturated heterocycles. The number of hydrogen-bond acceptors (Lipinski definition) is 4. The second-order valence-electron chi connectivity index (χ2n) is 10.5. The standard InChI is InChI=1S/C27H24O2.2C6H6O/c1-27(2,21-13-15-25(28)23(17-21)19-9-5-3-6-10-19)22-14-16-26(29)24(18-22)20-11-7-4-8-12-20;2*7-6-4-2-1-3-5-6/h3-18,28-29H,1-2H3;2*1-5,7H. The van der Waals surface area contributed by atoms with Gasteiger partial charge in [-0.15, -0.1) is 0 Å². The molecule has 4 N–H and O–H groups in total. The highest BCUT2D eigenvalue weighted by molar-refractivity contribution is 5.73.